The fourth-order valence-electron chi connectivity index (χ4n) is 4.97. The standard InChI is InChI=1S/C27H33FN4O2/c1-18-25-17-29-23-7-5-21(16-24(23)32(25)27(30-18)19-9-13-33-14-10-19)20-6-8-26(22(28)15-20)34-12-4-11-31(2)3/h5,7-8,15-17,19-20H,4,6,9-14H2,1-3H3. The fourth-order valence-corrected chi connectivity index (χ4v) is 4.97. The molecule has 1 aliphatic carbocycles. The van der Waals surface area contributed by atoms with Crippen molar-refractivity contribution in [2.24, 2.45) is 0 Å². The minimum atomic E-state index is -0.279. The molecule has 3 aromatic rings. The van der Waals surface area contributed by atoms with Gasteiger partial charge in [-0.2, -0.15) is 0 Å². The molecule has 6 nitrogen and oxygen atoms in total. The van der Waals surface area contributed by atoms with Crippen LogP contribution in [0.4, 0.5) is 4.39 Å². The number of fused-ring (bicyclic) bond motifs is 3. The quantitative estimate of drug-likeness (QED) is 0.446. The van der Waals surface area contributed by atoms with Crippen LogP contribution in [0.25, 0.3) is 16.6 Å². The first-order valence-electron chi connectivity index (χ1n) is 12.2. The summed E-state index contributed by atoms with van der Waals surface area (Å²) >= 11 is 0. The molecule has 0 saturated carbocycles. The first-order valence-corrected chi connectivity index (χ1v) is 12.2. The number of benzene rings is 1. The highest BCUT2D eigenvalue weighted by atomic mass is 19.1. The average Bonchev–Trinajstić information content (AvgIpc) is 3.19. The van der Waals surface area contributed by atoms with Crippen LogP contribution in [0.15, 0.2) is 48.1 Å². The van der Waals surface area contributed by atoms with Gasteiger partial charge in [0.05, 0.1) is 35.0 Å². The number of rotatable bonds is 7. The van der Waals surface area contributed by atoms with Crippen LogP contribution in [-0.4, -0.2) is 59.7 Å². The van der Waals surface area contributed by atoms with Gasteiger partial charge in [-0.1, -0.05) is 6.07 Å². The SMILES string of the molecule is Cc1nc(C2CCOCC2)n2c1cnc1ccc(C3C=C(F)C(OCCCN(C)C)=CC3)cc12. The number of hydrogen-bond donors (Lipinski definition) is 0. The van der Waals surface area contributed by atoms with Gasteiger partial charge in [0, 0.05) is 31.6 Å². The topological polar surface area (TPSA) is 51.9 Å². The number of imidazole rings is 1. The van der Waals surface area contributed by atoms with Gasteiger partial charge in [-0.25, -0.2) is 9.37 Å². The number of ether oxygens (including phenoxy) is 2. The normalized spacial score (nSPS) is 19.6. The second kappa shape index (κ2) is 9.84. The van der Waals surface area contributed by atoms with Crippen molar-refractivity contribution in [3.05, 3.63) is 65.2 Å². The minimum Gasteiger partial charge on any atom is -0.491 e. The maximum atomic E-state index is 14.9. The zero-order chi connectivity index (χ0) is 23.7. The highest BCUT2D eigenvalue weighted by Gasteiger charge is 2.24. The Bertz CT molecular complexity index is 1240. The van der Waals surface area contributed by atoms with Crippen molar-refractivity contribution < 1.29 is 13.9 Å². The monoisotopic (exact) mass is 464 g/mol. The van der Waals surface area contributed by atoms with E-state index in [9.17, 15) is 4.39 Å². The van der Waals surface area contributed by atoms with Crippen molar-refractivity contribution in [3.63, 3.8) is 0 Å². The average molecular weight is 465 g/mol. The lowest BCUT2D eigenvalue weighted by Crippen LogP contribution is -2.16. The summed E-state index contributed by atoms with van der Waals surface area (Å²) < 4.78 is 28.4. The number of aromatic nitrogens is 3. The van der Waals surface area contributed by atoms with Gasteiger partial charge in [0.15, 0.2) is 11.6 Å². The first-order chi connectivity index (χ1) is 16.5. The molecule has 5 rings (SSSR count). The van der Waals surface area contributed by atoms with Gasteiger partial charge in [0.2, 0.25) is 0 Å². The van der Waals surface area contributed by atoms with Gasteiger partial charge in [0.1, 0.15) is 5.82 Å². The Morgan fingerprint density at radius 2 is 2.03 bits per heavy atom. The summed E-state index contributed by atoms with van der Waals surface area (Å²) in [7, 11) is 4.05. The molecule has 180 valence electrons. The van der Waals surface area contributed by atoms with Crippen LogP contribution in [0.2, 0.25) is 0 Å². The van der Waals surface area contributed by atoms with Crippen molar-refractivity contribution >= 4 is 16.6 Å². The van der Waals surface area contributed by atoms with Gasteiger partial charge in [-0.3, -0.25) is 9.38 Å². The third kappa shape index (κ3) is 4.59. The summed E-state index contributed by atoms with van der Waals surface area (Å²) in [4.78, 5) is 11.7. The molecule has 7 heteroatoms. The summed E-state index contributed by atoms with van der Waals surface area (Å²) in [5.41, 5.74) is 5.04. The Labute approximate surface area is 200 Å². The molecule has 3 heterocycles. The Hall–Kier alpha value is -2.77. The van der Waals surface area contributed by atoms with Crippen molar-refractivity contribution in [2.75, 3.05) is 40.5 Å². The second-order valence-corrected chi connectivity index (χ2v) is 9.60. The van der Waals surface area contributed by atoms with Crippen molar-refractivity contribution in [1.82, 2.24) is 19.3 Å². The molecule has 0 bridgehead atoms. The predicted molar refractivity (Wildman–Crippen MR) is 132 cm³/mol. The van der Waals surface area contributed by atoms with E-state index in [0.29, 0.717) is 24.7 Å². The molecule has 1 saturated heterocycles. The van der Waals surface area contributed by atoms with Gasteiger partial charge in [0.25, 0.3) is 0 Å². The summed E-state index contributed by atoms with van der Waals surface area (Å²) in [5.74, 6) is 1.50. The molecular weight excluding hydrogens is 431 g/mol. The lowest BCUT2D eigenvalue weighted by atomic mass is 9.91. The van der Waals surface area contributed by atoms with E-state index in [1.807, 2.05) is 39.4 Å². The van der Waals surface area contributed by atoms with Crippen LogP contribution >= 0.6 is 0 Å². The van der Waals surface area contributed by atoms with Gasteiger partial charge in [-0.05, 0) is 76.6 Å². The molecule has 0 radical (unpaired) electrons. The predicted octanol–water partition coefficient (Wildman–Crippen LogP) is 5.28. The van der Waals surface area contributed by atoms with E-state index >= 15 is 0 Å². The van der Waals surface area contributed by atoms with E-state index in [-0.39, 0.29) is 11.7 Å². The lowest BCUT2D eigenvalue weighted by molar-refractivity contribution is 0.0835. The molecule has 2 aromatic heterocycles. The smallest absolute Gasteiger partial charge is 0.161 e. The van der Waals surface area contributed by atoms with Crippen molar-refractivity contribution in [1.29, 1.82) is 0 Å². The molecule has 1 aliphatic heterocycles. The van der Waals surface area contributed by atoms with Crippen LogP contribution in [0.5, 0.6) is 0 Å². The number of aryl methyl sites for hydroxylation is 1. The Morgan fingerprint density at radius 1 is 1.21 bits per heavy atom. The summed E-state index contributed by atoms with van der Waals surface area (Å²) in [6, 6.07) is 6.25. The third-order valence-electron chi connectivity index (χ3n) is 6.85. The fraction of sp³-hybridized carbons (Fsp3) is 0.481. The zero-order valence-electron chi connectivity index (χ0n) is 20.3. The van der Waals surface area contributed by atoms with Crippen LogP contribution < -0.4 is 0 Å². The van der Waals surface area contributed by atoms with Crippen LogP contribution in [0.3, 0.4) is 0 Å². The number of allylic oxidation sites excluding steroid dienone is 3. The molecule has 0 amide bonds. The number of halogens is 1. The van der Waals surface area contributed by atoms with Gasteiger partial charge >= 0.3 is 0 Å². The van der Waals surface area contributed by atoms with Crippen molar-refractivity contribution in [2.45, 2.75) is 44.4 Å². The van der Waals surface area contributed by atoms with E-state index < -0.39 is 0 Å². The molecule has 2 aliphatic rings. The zero-order valence-corrected chi connectivity index (χ0v) is 20.3. The Morgan fingerprint density at radius 3 is 2.79 bits per heavy atom. The summed E-state index contributed by atoms with van der Waals surface area (Å²) in [6.45, 7) is 5.02. The Kier molecular flexibility index (Phi) is 6.66. The minimum absolute atomic E-state index is 0.0371. The maximum absolute atomic E-state index is 14.9. The largest absolute Gasteiger partial charge is 0.491 e. The summed E-state index contributed by atoms with van der Waals surface area (Å²) in [5, 5.41) is 0. The van der Waals surface area contributed by atoms with E-state index in [1.54, 1.807) is 6.08 Å². The molecule has 34 heavy (non-hydrogen) atoms. The summed E-state index contributed by atoms with van der Waals surface area (Å²) in [6.07, 6.45) is 9.01. The number of hydrogen-bond acceptors (Lipinski definition) is 5. The van der Waals surface area contributed by atoms with Crippen LogP contribution in [0, 0.1) is 6.92 Å². The van der Waals surface area contributed by atoms with Crippen LogP contribution in [0.1, 0.15) is 54.6 Å². The van der Waals surface area contributed by atoms with E-state index in [1.165, 1.54) is 0 Å². The van der Waals surface area contributed by atoms with Crippen LogP contribution in [-0.2, 0) is 9.47 Å². The molecule has 1 atom stereocenters. The highest BCUT2D eigenvalue weighted by molar-refractivity contribution is 5.80. The Balaban J connectivity index is 1.43. The molecule has 1 aromatic carbocycles. The van der Waals surface area contributed by atoms with E-state index in [0.717, 1.165) is 72.7 Å². The molecule has 1 unspecified atom stereocenters. The molecule has 0 N–H and O–H groups in total. The van der Waals surface area contributed by atoms with E-state index in [2.05, 4.69) is 26.4 Å². The third-order valence-corrected chi connectivity index (χ3v) is 6.85. The van der Waals surface area contributed by atoms with Crippen molar-refractivity contribution in [3.8, 4) is 0 Å². The first kappa shape index (κ1) is 23.0. The maximum Gasteiger partial charge on any atom is 0.161 e. The van der Waals surface area contributed by atoms with Gasteiger partial charge < -0.3 is 14.4 Å². The van der Waals surface area contributed by atoms with Gasteiger partial charge in [-0.15, -0.1) is 0 Å². The number of nitrogens with zero attached hydrogens (tertiary/aromatic N) is 4. The molecular formula is C27H33FN4O2. The highest BCUT2D eigenvalue weighted by Crippen LogP contribution is 2.35. The lowest BCUT2D eigenvalue weighted by Gasteiger charge is -2.22. The second-order valence-electron chi connectivity index (χ2n) is 9.60. The molecule has 1 fully saturated rings. The molecule has 0 spiro atoms. The van der Waals surface area contributed by atoms with E-state index in [4.69, 9.17) is 14.5 Å².